The second-order valence-electron chi connectivity index (χ2n) is 4.51. The summed E-state index contributed by atoms with van der Waals surface area (Å²) in [5, 5.41) is 0. The number of ether oxygens (including phenoxy) is 2. The van der Waals surface area contributed by atoms with Gasteiger partial charge in [0.1, 0.15) is 5.82 Å². The van der Waals surface area contributed by atoms with Crippen LogP contribution in [0, 0.1) is 0 Å². The first-order valence-electron chi connectivity index (χ1n) is 6.74. The average molecular weight is 275 g/mol. The lowest BCUT2D eigenvalue weighted by Crippen LogP contribution is -1.97. The molecule has 0 aliphatic rings. The van der Waals surface area contributed by atoms with Crippen LogP contribution in [0.3, 0.4) is 0 Å². The third-order valence-electron chi connectivity index (χ3n) is 3.36. The van der Waals surface area contributed by atoms with Gasteiger partial charge in [-0.2, -0.15) is 0 Å². The summed E-state index contributed by atoms with van der Waals surface area (Å²) < 4.78 is 10.6. The van der Waals surface area contributed by atoms with Crippen molar-refractivity contribution in [2.45, 2.75) is 26.7 Å². The van der Waals surface area contributed by atoms with Crippen molar-refractivity contribution in [1.29, 1.82) is 0 Å². The van der Waals surface area contributed by atoms with Crippen molar-refractivity contribution < 1.29 is 9.47 Å². The lowest BCUT2D eigenvalue weighted by molar-refractivity contribution is 0.355. The summed E-state index contributed by atoms with van der Waals surface area (Å²) in [5.41, 5.74) is 9.77. The fourth-order valence-corrected chi connectivity index (χ4v) is 2.26. The zero-order chi connectivity index (χ0) is 14.7. The molecule has 0 amide bonds. The number of anilines is 1. The molecular weight excluding hydrogens is 254 g/mol. The van der Waals surface area contributed by atoms with Gasteiger partial charge in [-0.1, -0.05) is 13.8 Å². The molecule has 0 radical (unpaired) electrons. The highest BCUT2D eigenvalue weighted by molar-refractivity contribution is 5.76. The van der Waals surface area contributed by atoms with Gasteiger partial charge in [-0.25, -0.2) is 4.98 Å². The van der Waals surface area contributed by atoms with Gasteiger partial charge in [0.05, 0.1) is 19.9 Å². The maximum atomic E-state index is 6.10. The summed E-state index contributed by atoms with van der Waals surface area (Å²) in [6.45, 7) is 4.20. The number of nitrogens with zero attached hydrogens (tertiary/aromatic N) is 1. The summed E-state index contributed by atoms with van der Waals surface area (Å²) in [6, 6.07) is 3.61. The second kappa shape index (κ2) is 5.86. The molecule has 1 aromatic carbocycles. The number of nitrogens with two attached hydrogens (primary N) is 1. The van der Waals surface area contributed by atoms with E-state index in [-0.39, 0.29) is 0 Å². The van der Waals surface area contributed by atoms with Crippen molar-refractivity contribution in [3.05, 3.63) is 23.5 Å². The summed E-state index contributed by atoms with van der Waals surface area (Å²) in [7, 11) is 3.20. The maximum Gasteiger partial charge on any atom is 0.162 e. The molecule has 108 valence electrons. The number of aromatic nitrogens is 2. The number of H-pyrrole nitrogens is 1. The maximum absolute atomic E-state index is 6.10. The molecule has 0 aliphatic carbocycles. The van der Waals surface area contributed by atoms with Gasteiger partial charge in [-0.3, -0.25) is 0 Å². The molecule has 0 spiro atoms. The molecule has 0 aliphatic heterocycles. The molecule has 20 heavy (non-hydrogen) atoms. The summed E-state index contributed by atoms with van der Waals surface area (Å²) >= 11 is 0. The van der Waals surface area contributed by atoms with E-state index in [0.717, 1.165) is 35.6 Å². The number of aryl methyl sites for hydroxylation is 2. The van der Waals surface area contributed by atoms with Gasteiger partial charge < -0.3 is 20.2 Å². The lowest BCUT2D eigenvalue weighted by atomic mass is 10.1. The Morgan fingerprint density at radius 1 is 1.10 bits per heavy atom. The zero-order valence-corrected chi connectivity index (χ0v) is 12.4. The largest absolute Gasteiger partial charge is 0.493 e. The van der Waals surface area contributed by atoms with E-state index < -0.39 is 0 Å². The Balaban J connectivity index is 2.54. The molecule has 5 heteroatoms. The van der Waals surface area contributed by atoms with Gasteiger partial charge in [0.15, 0.2) is 11.5 Å². The molecule has 0 bridgehead atoms. The SMILES string of the molecule is CCc1nc(-c2cc(OC)c(OC)cc2N)[nH]c1CC. The number of benzene rings is 1. The van der Waals surface area contributed by atoms with E-state index in [2.05, 4.69) is 23.8 Å². The smallest absolute Gasteiger partial charge is 0.162 e. The number of hydrogen-bond donors (Lipinski definition) is 2. The molecule has 2 rings (SSSR count). The van der Waals surface area contributed by atoms with Crippen LogP contribution in [-0.4, -0.2) is 24.2 Å². The van der Waals surface area contributed by atoms with Gasteiger partial charge in [0, 0.05) is 23.0 Å². The van der Waals surface area contributed by atoms with Crippen LogP contribution in [0.1, 0.15) is 25.2 Å². The molecule has 1 heterocycles. The van der Waals surface area contributed by atoms with Crippen molar-refractivity contribution in [3.63, 3.8) is 0 Å². The van der Waals surface area contributed by atoms with Crippen molar-refractivity contribution in [2.75, 3.05) is 20.0 Å². The zero-order valence-electron chi connectivity index (χ0n) is 12.4. The van der Waals surface area contributed by atoms with Gasteiger partial charge in [0.2, 0.25) is 0 Å². The second-order valence-corrected chi connectivity index (χ2v) is 4.51. The van der Waals surface area contributed by atoms with Crippen LogP contribution >= 0.6 is 0 Å². The number of nitrogens with one attached hydrogen (secondary N) is 1. The first kappa shape index (κ1) is 14.2. The molecule has 0 atom stereocenters. The van der Waals surface area contributed by atoms with E-state index in [9.17, 15) is 0 Å². The first-order chi connectivity index (χ1) is 9.64. The Labute approximate surface area is 119 Å². The minimum Gasteiger partial charge on any atom is -0.493 e. The number of aromatic amines is 1. The predicted octanol–water partition coefficient (Wildman–Crippen LogP) is 2.80. The number of methoxy groups -OCH3 is 2. The minimum absolute atomic E-state index is 0.613. The Morgan fingerprint density at radius 3 is 2.25 bits per heavy atom. The van der Waals surface area contributed by atoms with Crippen molar-refractivity contribution >= 4 is 5.69 Å². The Kier molecular flexibility index (Phi) is 4.17. The molecule has 5 nitrogen and oxygen atoms in total. The van der Waals surface area contributed by atoms with Crippen LogP contribution in [0.15, 0.2) is 12.1 Å². The molecule has 0 fully saturated rings. The Morgan fingerprint density at radius 2 is 1.75 bits per heavy atom. The highest BCUT2D eigenvalue weighted by atomic mass is 16.5. The van der Waals surface area contributed by atoms with E-state index in [1.165, 1.54) is 0 Å². The standard InChI is InChI=1S/C15H21N3O2/c1-5-11-12(6-2)18-15(17-11)9-7-13(19-3)14(20-4)8-10(9)16/h7-8H,5-6,16H2,1-4H3,(H,17,18). The molecule has 1 aromatic heterocycles. The van der Waals surface area contributed by atoms with E-state index in [4.69, 9.17) is 15.2 Å². The molecule has 0 saturated heterocycles. The summed E-state index contributed by atoms with van der Waals surface area (Å²) in [6.07, 6.45) is 1.82. The van der Waals surface area contributed by atoms with Crippen molar-refractivity contribution in [3.8, 4) is 22.9 Å². The van der Waals surface area contributed by atoms with Gasteiger partial charge in [-0.15, -0.1) is 0 Å². The van der Waals surface area contributed by atoms with Crippen LogP contribution < -0.4 is 15.2 Å². The van der Waals surface area contributed by atoms with E-state index in [0.29, 0.717) is 17.2 Å². The quantitative estimate of drug-likeness (QED) is 0.823. The Hall–Kier alpha value is -2.17. The Bertz CT molecular complexity index is 584. The highest BCUT2D eigenvalue weighted by Gasteiger charge is 2.15. The van der Waals surface area contributed by atoms with E-state index >= 15 is 0 Å². The first-order valence-corrected chi connectivity index (χ1v) is 6.74. The van der Waals surface area contributed by atoms with Crippen LogP contribution in [0.2, 0.25) is 0 Å². The summed E-state index contributed by atoms with van der Waals surface area (Å²) in [4.78, 5) is 7.97. The van der Waals surface area contributed by atoms with Crippen molar-refractivity contribution in [2.24, 2.45) is 0 Å². The van der Waals surface area contributed by atoms with E-state index in [1.54, 1.807) is 20.3 Å². The van der Waals surface area contributed by atoms with Crippen LogP contribution in [0.25, 0.3) is 11.4 Å². The summed E-state index contributed by atoms with van der Waals surface area (Å²) in [5.74, 6) is 2.04. The van der Waals surface area contributed by atoms with Crippen molar-refractivity contribution in [1.82, 2.24) is 9.97 Å². The minimum atomic E-state index is 0.613. The predicted molar refractivity (Wildman–Crippen MR) is 80.3 cm³/mol. The normalized spacial score (nSPS) is 10.6. The van der Waals surface area contributed by atoms with Gasteiger partial charge in [0.25, 0.3) is 0 Å². The van der Waals surface area contributed by atoms with Crippen LogP contribution in [0.4, 0.5) is 5.69 Å². The number of rotatable bonds is 5. The third kappa shape index (κ3) is 2.43. The lowest BCUT2D eigenvalue weighted by Gasteiger charge is -2.11. The monoisotopic (exact) mass is 275 g/mol. The van der Waals surface area contributed by atoms with Gasteiger partial charge in [-0.05, 0) is 18.9 Å². The van der Waals surface area contributed by atoms with E-state index in [1.807, 2.05) is 6.07 Å². The van der Waals surface area contributed by atoms with Crippen LogP contribution in [0.5, 0.6) is 11.5 Å². The average Bonchev–Trinajstić information content (AvgIpc) is 2.89. The fourth-order valence-electron chi connectivity index (χ4n) is 2.26. The molecular formula is C15H21N3O2. The molecule has 0 saturated carbocycles. The third-order valence-corrected chi connectivity index (χ3v) is 3.36. The number of hydrogen-bond acceptors (Lipinski definition) is 4. The number of nitrogen functional groups attached to an aromatic ring is 1. The van der Waals surface area contributed by atoms with Crippen LogP contribution in [-0.2, 0) is 12.8 Å². The molecule has 0 unspecified atom stereocenters. The fraction of sp³-hybridized carbons (Fsp3) is 0.400. The highest BCUT2D eigenvalue weighted by Crippen LogP contribution is 2.36. The number of imidazole rings is 1. The molecule has 3 N–H and O–H groups in total. The van der Waals surface area contributed by atoms with Gasteiger partial charge >= 0.3 is 0 Å². The topological polar surface area (TPSA) is 73.2 Å². The molecule has 2 aromatic rings.